The van der Waals surface area contributed by atoms with E-state index in [0.29, 0.717) is 38.8 Å². The van der Waals surface area contributed by atoms with Gasteiger partial charge in [-0.3, -0.25) is 4.79 Å². The maximum Gasteiger partial charge on any atom is 0.321 e. The highest BCUT2D eigenvalue weighted by atomic mass is 32.2. The Balaban J connectivity index is 1.33. The fraction of sp³-hybridized carbons (Fsp3) is 0.391. The molecule has 2 aromatic rings. The second-order valence-corrected chi connectivity index (χ2v) is 9.32. The quantitative estimate of drug-likeness (QED) is 0.754. The highest BCUT2D eigenvalue weighted by Crippen LogP contribution is 2.44. The van der Waals surface area contributed by atoms with Gasteiger partial charge in [0.2, 0.25) is 5.91 Å². The summed E-state index contributed by atoms with van der Waals surface area (Å²) in [5.41, 5.74) is 1.11. The van der Waals surface area contributed by atoms with Crippen molar-refractivity contribution in [1.29, 1.82) is 0 Å². The molecule has 0 aliphatic carbocycles. The third-order valence-electron chi connectivity index (χ3n) is 5.95. The predicted octanol–water partition coefficient (Wildman–Crippen LogP) is 4.50. The minimum absolute atomic E-state index is 0.0420. The third-order valence-corrected chi connectivity index (χ3v) is 7.51. The van der Waals surface area contributed by atoms with Crippen molar-refractivity contribution < 1.29 is 18.4 Å². The molecule has 31 heavy (non-hydrogen) atoms. The number of likely N-dealkylation sites (tertiary alicyclic amines) is 1. The molecule has 2 heterocycles. The van der Waals surface area contributed by atoms with E-state index in [9.17, 15) is 18.4 Å². The van der Waals surface area contributed by atoms with Gasteiger partial charge in [0.1, 0.15) is 11.6 Å². The number of rotatable bonds is 4. The van der Waals surface area contributed by atoms with Crippen molar-refractivity contribution in [2.75, 3.05) is 30.7 Å². The number of hydrogen-bond acceptors (Lipinski definition) is 3. The maximum absolute atomic E-state index is 13.8. The van der Waals surface area contributed by atoms with Crippen LogP contribution >= 0.6 is 11.8 Å². The largest absolute Gasteiger partial charge is 0.327 e. The lowest BCUT2D eigenvalue weighted by Crippen LogP contribution is -2.54. The van der Waals surface area contributed by atoms with E-state index >= 15 is 0 Å². The van der Waals surface area contributed by atoms with Crippen LogP contribution in [0, 0.1) is 11.6 Å². The number of hydrogen-bond donors (Lipinski definition) is 1. The maximum atomic E-state index is 13.8. The lowest BCUT2D eigenvalue weighted by molar-refractivity contribution is -0.134. The van der Waals surface area contributed by atoms with Gasteiger partial charge in [0.15, 0.2) is 0 Å². The fourth-order valence-corrected chi connectivity index (χ4v) is 5.72. The first-order chi connectivity index (χ1) is 15.0. The summed E-state index contributed by atoms with van der Waals surface area (Å²) in [4.78, 5) is 28.9. The molecule has 8 heteroatoms. The molecule has 2 aromatic carbocycles. The Morgan fingerprint density at radius 3 is 2.48 bits per heavy atom. The van der Waals surface area contributed by atoms with Crippen LogP contribution in [-0.4, -0.2) is 52.0 Å². The summed E-state index contributed by atoms with van der Waals surface area (Å²) in [5, 5.41) is 2.52. The summed E-state index contributed by atoms with van der Waals surface area (Å²) in [6, 6.07) is 12.6. The Hall–Kier alpha value is -2.61. The van der Waals surface area contributed by atoms with E-state index in [1.807, 2.05) is 35.2 Å². The number of aryl methyl sites for hydroxylation is 1. The monoisotopic (exact) mass is 445 g/mol. The number of carbonyl (C=O) groups is 2. The van der Waals surface area contributed by atoms with Gasteiger partial charge in [0.05, 0.1) is 10.6 Å². The minimum Gasteiger partial charge on any atom is -0.327 e. The van der Waals surface area contributed by atoms with E-state index in [1.165, 1.54) is 6.07 Å². The van der Waals surface area contributed by atoms with E-state index in [0.717, 1.165) is 30.0 Å². The number of anilines is 1. The Morgan fingerprint density at radius 2 is 1.77 bits per heavy atom. The van der Waals surface area contributed by atoms with Gasteiger partial charge in [-0.2, -0.15) is 0 Å². The van der Waals surface area contributed by atoms with Gasteiger partial charge in [0, 0.05) is 37.9 Å². The number of benzene rings is 2. The summed E-state index contributed by atoms with van der Waals surface area (Å²) >= 11 is 1.79. The Morgan fingerprint density at radius 1 is 1.03 bits per heavy atom. The van der Waals surface area contributed by atoms with Gasteiger partial charge in [-0.15, -0.1) is 11.8 Å². The van der Waals surface area contributed by atoms with Crippen molar-refractivity contribution in [1.82, 2.24) is 9.80 Å². The molecule has 0 atom stereocenters. The molecule has 2 aliphatic rings. The molecule has 2 aliphatic heterocycles. The van der Waals surface area contributed by atoms with Gasteiger partial charge < -0.3 is 15.1 Å². The second-order valence-electron chi connectivity index (χ2n) is 7.87. The standard InChI is InChI=1S/C23H25F2N3O2S/c24-18-7-8-20(19(25)16-18)26-22(30)27-12-10-23(11-13-27)28(14-15-31-23)21(29)9-6-17-4-2-1-3-5-17/h1-5,7-8,16H,6,9-15H2,(H,26,30). The fourth-order valence-electron chi connectivity index (χ4n) is 4.25. The highest BCUT2D eigenvalue weighted by Gasteiger charge is 2.46. The van der Waals surface area contributed by atoms with Crippen LogP contribution < -0.4 is 5.32 Å². The summed E-state index contributed by atoms with van der Waals surface area (Å²) < 4.78 is 26.9. The molecular formula is C23H25F2N3O2S. The van der Waals surface area contributed by atoms with Crippen molar-refractivity contribution in [2.45, 2.75) is 30.6 Å². The van der Waals surface area contributed by atoms with Gasteiger partial charge in [-0.05, 0) is 37.0 Å². The first kappa shape index (κ1) is 21.6. The van der Waals surface area contributed by atoms with Gasteiger partial charge in [-0.1, -0.05) is 30.3 Å². The number of thioether (sulfide) groups is 1. The van der Waals surface area contributed by atoms with Crippen LogP contribution in [0.4, 0.5) is 19.3 Å². The number of amides is 3. The van der Waals surface area contributed by atoms with Crippen LogP contribution in [0.5, 0.6) is 0 Å². The zero-order chi connectivity index (χ0) is 21.8. The van der Waals surface area contributed by atoms with Gasteiger partial charge >= 0.3 is 6.03 Å². The molecule has 3 amide bonds. The molecule has 1 N–H and O–H groups in total. The highest BCUT2D eigenvalue weighted by molar-refractivity contribution is 8.00. The van der Waals surface area contributed by atoms with E-state index in [4.69, 9.17) is 0 Å². The van der Waals surface area contributed by atoms with Crippen molar-refractivity contribution in [3.63, 3.8) is 0 Å². The molecule has 2 fully saturated rings. The molecule has 5 nitrogen and oxygen atoms in total. The van der Waals surface area contributed by atoms with Crippen LogP contribution in [0.3, 0.4) is 0 Å². The number of urea groups is 1. The van der Waals surface area contributed by atoms with E-state index in [1.54, 1.807) is 16.7 Å². The number of nitrogens with one attached hydrogen (secondary N) is 1. The molecule has 164 valence electrons. The summed E-state index contributed by atoms with van der Waals surface area (Å²) in [6.45, 7) is 1.68. The van der Waals surface area contributed by atoms with Crippen LogP contribution in [0.1, 0.15) is 24.8 Å². The smallest absolute Gasteiger partial charge is 0.321 e. The van der Waals surface area contributed by atoms with Crippen LogP contribution in [0.15, 0.2) is 48.5 Å². The van der Waals surface area contributed by atoms with Crippen LogP contribution in [0.2, 0.25) is 0 Å². The third kappa shape index (κ3) is 4.84. The van der Waals surface area contributed by atoms with E-state index in [2.05, 4.69) is 5.32 Å². The molecule has 0 bridgehead atoms. The van der Waals surface area contributed by atoms with Crippen molar-refractivity contribution in [2.24, 2.45) is 0 Å². The predicted molar refractivity (Wildman–Crippen MR) is 118 cm³/mol. The lowest BCUT2D eigenvalue weighted by Gasteiger charge is -2.44. The molecule has 1 spiro atoms. The number of nitrogens with zero attached hydrogens (tertiary/aromatic N) is 2. The van der Waals surface area contributed by atoms with E-state index < -0.39 is 17.7 Å². The number of halogens is 2. The topological polar surface area (TPSA) is 52.7 Å². The zero-order valence-corrected chi connectivity index (χ0v) is 18.0. The Kier molecular flexibility index (Phi) is 6.46. The first-order valence-electron chi connectivity index (χ1n) is 10.5. The summed E-state index contributed by atoms with van der Waals surface area (Å²) in [5.74, 6) is -0.446. The van der Waals surface area contributed by atoms with Crippen molar-refractivity contribution in [3.05, 3.63) is 65.7 Å². The summed E-state index contributed by atoms with van der Waals surface area (Å²) in [7, 11) is 0. The van der Waals surface area contributed by atoms with Crippen molar-refractivity contribution in [3.8, 4) is 0 Å². The minimum atomic E-state index is -0.802. The second kappa shape index (κ2) is 9.26. The normalized spacial score (nSPS) is 17.7. The molecule has 0 saturated carbocycles. The Bertz CT molecular complexity index is 949. The molecule has 0 radical (unpaired) electrons. The SMILES string of the molecule is O=C(Nc1ccc(F)cc1F)N1CCC2(CC1)SCCN2C(=O)CCc1ccccc1. The Labute approximate surface area is 184 Å². The molecule has 0 unspecified atom stereocenters. The number of carbonyl (C=O) groups excluding carboxylic acids is 2. The zero-order valence-electron chi connectivity index (χ0n) is 17.2. The molecule has 0 aromatic heterocycles. The lowest BCUT2D eigenvalue weighted by atomic mass is 10.0. The van der Waals surface area contributed by atoms with Crippen LogP contribution in [-0.2, 0) is 11.2 Å². The van der Waals surface area contributed by atoms with Crippen LogP contribution in [0.25, 0.3) is 0 Å². The van der Waals surface area contributed by atoms with E-state index in [-0.39, 0.29) is 16.5 Å². The molecular weight excluding hydrogens is 420 g/mol. The average Bonchev–Trinajstić information content (AvgIpc) is 3.18. The molecule has 2 saturated heterocycles. The number of piperidine rings is 1. The van der Waals surface area contributed by atoms with Crippen molar-refractivity contribution >= 4 is 29.4 Å². The van der Waals surface area contributed by atoms with Gasteiger partial charge in [0.25, 0.3) is 0 Å². The van der Waals surface area contributed by atoms with Gasteiger partial charge in [-0.25, -0.2) is 13.6 Å². The molecule has 4 rings (SSSR count). The average molecular weight is 446 g/mol. The first-order valence-corrected chi connectivity index (χ1v) is 11.4. The summed E-state index contributed by atoms with van der Waals surface area (Å²) in [6.07, 6.45) is 2.54.